The average molecular weight is 395 g/mol. The van der Waals surface area contributed by atoms with Crippen LogP contribution < -0.4 is 0 Å². The third-order valence-electron chi connectivity index (χ3n) is 5.45. The highest BCUT2D eigenvalue weighted by molar-refractivity contribution is 5.80. The predicted molar refractivity (Wildman–Crippen MR) is 106 cm³/mol. The first-order valence-electron chi connectivity index (χ1n) is 9.85. The molecule has 1 aliphatic heterocycles. The largest absolute Gasteiger partial charge is 0.338 e. The summed E-state index contributed by atoms with van der Waals surface area (Å²) in [5.74, 6) is -1.23. The van der Waals surface area contributed by atoms with Crippen molar-refractivity contribution in [2.45, 2.75) is 32.4 Å². The summed E-state index contributed by atoms with van der Waals surface area (Å²) in [4.78, 5) is 18.7. The van der Waals surface area contributed by atoms with Crippen LogP contribution in [0.25, 0.3) is 0 Å². The van der Waals surface area contributed by atoms with Gasteiger partial charge >= 0.3 is 0 Å². The maximum Gasteiger partial charge on any atom is 0.226 e. The summed E-state index contributed by atoms with van der Waals surface area (Å²) >= 11 is 0. The number of rotatable bonds is 7. The molecule has 2 heterocycles. The Morgan fingerprint density at radius 3 is 2.52 bits per heavy atom. The molecule has 4 nitrogen and oxygen atoms in total. The Kier molecular flexibility index (Phi) is 5.69. The molecule has 1 aliphatic rings. The molecule has 1 amide bonds. The van der Waals surface area contributed by atoms with Crippen LogP contribution in [0.3, 0.4) is 0 Å². The first-order valence-corrected chi connectivity index (χ1v) is 9.85. The van der Waals surface area contributed by atoms with Gasteiger partial charge in [-0.2, -0.15) is 0 Å². The zero-order valence-corrected chi connectivity index (χ0v) is 16.1. The number of hydrogen-bond donors (Lipinski definition) is 0. The van der Waals surface area contributed by atoms with Crippen LogP contribution in [0.4, 0.5) is 8.78 Å². The lowest BCUT2D eigenvalue weighted by atomic mass is 10.0. The first kappa shape index (κ1) is 19.3. The summed E-state index contributed by atoms with van der Waals surface area (Å²) in [5.41, 5.74) is 2.79. The number of aryl methyl sites for hydroxylation is 1. The number of halogens is 2. The Balaban J connectivity index is 1.34. The summed E-state index contributed by atoms with van der Waals surface area (Å²) in [7, 11) is 0. The molecule has 1 aromatic heterocycles. The fraction of sp³-hybridized carbons (Fsp3) is 0.304. The lowest BCUT2D eigenvalue weighted by Crippen LogP contribution is -2.27. The van der Waals surface area contributed by atoms with E-state index in [2.05, 4.69) is 21.7 Å². The van der Waals surface area contributed by atoms with Crippen LogP contribution in [-0.4, -0.2) is 26.9 Å². The third kappa shape index (κ3) is 4.70. The normalized spacial score (nSPS) is 16.6. The Bertz CT molecular complexity index is 967. The topological polar surface area (TPSA) is 38.1 Å². The van der Waals surface area contributed by atoms with Crippen LogP contribution in [0.1, 0.15) is 29.7 Å². The van der Waals surface area contributed by atoms with Gasteiger partial charge in [-0.05, 0) is 42.5 Å². The summed E-state index contributed by atoms with van der Waals surface area (Å²) in [6, 6.07) is 13.6. The van der Waals surface area contributed by atoms with Crippen LogP contribution in [0.5, 0.6) is 0 Å². The monoisotopic (exact) mass is 395 g/mol. The van der Waals surface area contributed by atoms with Crippen LogP contribution >= 0.6 is 0 Å². The zero-order valence-electron chi connectivity index (χ0n) is 16.1. The van der Waals surface area contributed by atoms with E-state index < -0.39 is 11.6 Å². The summed E-state index contributed by atoms with van der Waals surface area (Å²) in [6.45, 7) is 1.62. The van der Waals surface area contributed by atoms with Crippen molar-refractivity contribution >= 4 is 5.91 Å². The van der Waals surface area contributed by atoms with E-state index in [4.69, 9.17) is 0 Å². The summed E-state index contributed by atoms with van der Waals surface area (Å²) < 4.78 is 28.9. The van der Waals surface area contributed by atoms with Crippen molar-refractivity contribution in [1.29, 1.82) is 0 Å². The van der Waals surface area contributed by atoms with E-state index >= 15 is 0 Å². The fourth-order valence-corrected chi connectivity index (χ4v) is 3.95. The molecule has 0 spiro atoms. The number of likely N-dealkylation sites (tertiary alicyclic amines) is 1. The lowest BCUT2D eigenvalue weighted by molar-refractivity contribution is -0.131. The van der Waals surface area contributed by atoms with Gasteiger partial charge in [-0.15, -0.1) is 0 Å². The van der Waals surface area contributed by atoms with Crippen molar-refractivity contribution in [3.05, 3.63) is 89.5 Å². The van der Waals surface area contributed by atoms with E-state index in [0.29, 0.717) is 12.1 Å². The molecule has 2 aromatic carbocycles. The highest BCUT2D eigenvalue weighted by Crippen LogP contribution is 2.25. The molecule has 6 heteroatoms. The van der Waals surface area contributed by atoms with E-state index in [1.54, 1.807) is 4.90 Å². The number of aromatic nitrogens is 2. The van der Waals surface area contributed by atoms with Gasteiger partial charge in [0, 0.05) is 43.5 Å². The van der Waals surface area contributed by atoms with Gasteiger partial charge in [0.05, 0.1) is 6.33 Å². The molecule has 1 saturated heterocycles. The minimum absolute atomic E-state index is 0.0591. The lowest BCUT2D eigenvalue weighted by Gasteiger charge is -2.17. The highest BCUT2D eigenvalue weighted by Gasteiger charge is 2.31. The smallest absolute Gasteiger partial charge is 0.226 e. The van der Waals surface area contributed by atoms with E-state index in [-0.39, 0.29) is 18.4 Å². The third-order valence-corrected chi connectivity index (χ3v) is 5.45. The van der Waals surface area contributed by atoms with Crippen molar-refractivity contribution in [3.63, 3.8) is 0 Å². The van der Waals surface area contributed by atoms with Crippen LogP contribution in [-0.2, 0) is 24.3 Å². The van der Waals surface area contributed by atoms with E-state index in [1.807, 2.05) is 30.7 Å². The van der Waals surface area contributed by atoms with Crippen molar-refractivity contribution in [2.24, 2.45) is 5.92 Å². The molecule has 29 heavy (non-hydrogen) atoms. The molecule has 0 aliphatic carbocycles. The van der Waals surface area contributed by atoms with E-state index in [0.717, 1.165) is 37.6 Å². The van der Waals surface area contributed by atoms with Crippen molar-refractivity contribution < 1.29 is 13.6 Å². The molecule has 0 bridgehead atoms. The number of carbonyl (C=O) groups is 1. The van der Waals surface area contributed by atoms with Crippen molar-refractivity contribution in [3.8, 4) is 0 Å². The zero-order chi connectivity index (χ0) is 20.2. The Morgan fingerprint density at radius 1 is 1.00 bits per heavy atom. The SMILES string of the molecule is O=C1[C@@H](CCc2cncn2Cc2ccccc2)CCN1Cc1cc(F)cc(F)c1. The van der Waals surface area contributed by atoms with Gasteiger partial charge in [-0.25, -0.2) is 13.8 Å². The van der Waals surface area contributed by atoms with Crippen molar-refractivity contribution in [2.75, 3.05) is 6.54 Å². The van der Waals surface area contributed by atoms with Gasteiger partial charge in [0.2, 0.25) is 5.91 Å². The standard InChI is InChI=1S/C23H23F2N3O/c24-20-10-18(11-21(25)12-20)15-27-9-8-19(23(27)29)6-7-22-13-26-16-28(22)14-17-4-2-1-3-5-17/h1-5,10-13,16,19H,6-9,14-15H2/t19-/m0/s1. The molecule has 3 aromatic rings. The molecular formula is C23H23F2N3O. The molecule has 0 unspecified atom stereocenters. The van der Waals surface area contributed by atoms with Crippen LogP contribution in [0.15, 0.2) is 61.1 Å². The maximum atomic E-state index is 13.4. The second-order valence-corrected chi connectivity index (χ2v) is 7.56. The van der Waals surface area contributed by atoms with Gasteiger partial charge in [0.1, 0.15) is 11.6 Å². The second kappa shape index (κ2) is 8.55. The van der Waals surface area contributed by atoms with Crippen LogP contribution in [0.2, 0.25) is 0 Å². The van der Waals surface area contributed by atoms with Gasteiger partial charge in [0.25, 0.3) is 0 Å². The molecule has 1 atom stereocenters. The number of imidazole rings is 1. The Labute approximate surface area is 168 Å². The fourth-order valence-electron chi connectivity index (χ4n) is 3.95. The quantitative estimate of drug-likeness (QED) is 0.602. The second-order valence-electron chi connectivity index (χ2n) is 7.56. The summed E-state index contributed by atoms with van der Waals surface area (Å²) in [6.07, 6.45) is 5.96. The Hall–Kier alpha value is -3.02. The molecule has 4 rings (SSSR count). The van der Waals surface area contributed by atoms with E-state index in [1.165, 1.54) is 17.7 Å². The number of carbonyl (C=O) groups excluding carboxylic acids is 1. The van der Waals surface area contributed by atoms with Gasteiger partial charge in [-0.3, -0.25) is 4.79 Å². The van der Waals surface area contributed by atoms with Gasteiger partial charge in [0.15, 0.2) is 0 Å². The molecule has 150 valence electrons. The molecule has 1 fully saturated rings. The van der Waals surface area contributed by atoms with Gasteiger partial charge in [-0.1, -0.05) is 30.3 Å². The molecule has 0 radical (unpaired) electrons. The predicted octanol–water partition coefficient (Wildman–Crippen LogP) is 4.19. The van der Waals surface area contributed by atoms with E-state index in [9.17, 15) is 13.6 Å². The molecule has 0 saturated carbocycles. The van der Waals surface area contributed by atoms with Gasteiger partial charge < -0.3 is 9.47 Å². The average Bonchev–Trinajstić information content (AvgIpc) is 3.27. The number of hydrogen-bond acceptors (Lipinski definition) is 2. The Morgan fingerprint density at radius 2 is 1.76 bits per heavy atom. The number of benzene rings is 2. The van der Waals surface area contributed by atoms with Crippen LogP contribution in [0, 0.1) is 17.6 Å². The highest BCUT2D eigenvalue weighted by atomic mass is 19.1. The minimum Gasteiger partial charge on any atom is -0.338 e. The number of amides is 1. The minimum atomic E-state index is -0.616. The molecular weight excluding hydrogens is 372 g/mol. The summed E-state index contributed by atoms with van der Waals surface area (Å²) in [5, 5.41) is 0. The maximum absolute atomic E-state index is 13.4. The number of nitrogens with zero attached hydrogens (tertiary/aromatic N) is 3. The molecule has 0 N–H and O–H groups in total. The first-order chi connectivity index (χ1) is 14.1. The van der Waals surface area contributed by atoms with Crippen molar-refractivity contribution in [1.82, 2.24) is 14.5 Å².